The monoisotopic (exact) mass is 421 g/mol. The third kappa shape index (κ3) is 3.71. The second kappa shape index (κ2) is 7.98. The second-order valence-electron chi connectivity index (χ2n) is 8.07. The van der Waals surface area contributed by atoms with Gasteiger partial charge in [-0.1, -0.05) is 30.3 Å². The van der Waals surface area contributed by atoms with Crippen molar-refractivity contribution in [2.75, 3.05) is 6.54 Å². The number of aromatic hydroxyl groups is 1. The molecule has 0 fully saturated rings. The Balaban J connectivity index is 1.81. The van der Waals surface area contributed by atoms with Gasteiger partial charge in [-0.15, -0.1) is 0 Å². The zero-order valence-electron chi connectivity index (χ0n) is 17.7. The van der Waals surface area contributed by atoms with Gasteiger partial charge in [0.25, 0.3) is 5.91 Å². The van der Waals surface area contributed by atoms with Crippen LogP contribution < -0.4 is 5.56 Å². The number of benzene rings is 2. The summed E-state index contributed by atoms with van der Waals surface area (Å²) in [5.41, 5.74) is 2.37. The Bertz CT molecular complexity index is 1230. The van der Waals surface area contributed by atoms with Gasteiger partial charge in [0.1, 0.15) is 11.6 Å². The van der Waals surface area contributed by atoms with Gasteiger partial charge in [-0.05, 0) is 55.2 Å². The summed E-state index contributed by atoms with van der Waals surface area (Å²) in [7, 11) is 0. The zero-order chi connectivity index (χ0) is 22.3. The predicted molar refractivity (Wildman–Crippen MR) is 116 cm³/mol. The molecule has 2 aromatic carbocycles. The molecule has 1 N–H and O–H groups in total. The number of rotatable bonds is 4. The lowest BCUT2D eigenvalue weighted by Gasteiger charge is -2.34. The van der Waals surface area contributed by atoms with E-state index >= 15 is 0 Å². The summed E-state index contributed by atoms with van der Waals surface area (Å²) in [6.45, 7) is 6.41. The lowest BCUT2D eigenvalue weighted by atomic mass is 9.96. The largest absolute Gasteiger partial charge is 0.501 e. The molecule has 4 rings (SSSR count). The van der Waals surface area contributed by atoms with Crippen molar-refractivity contribution in [3.05, 3.63) is 81.3 Å². The van der Waals surface area contributed by atoms with Crippen molar-refractivity contribution < 1.29 is 14.3 Å². The Hall–Kier alpha value is -3.48. The molecule has 0 atom stereocenters. The molecular weight excluding hydrogens is 397 g/mol. The molecular formula is C24H24FN3O3. The van der Waals surface area contributed by atoms with Gasteiger partial charge in [0.15, 0.2) is 5.69 Å². The molecule has 0 unspecified atom stereocenters. The summed E-state index contributed by atoms with van der Waals surface area (Å²) >= 11 is 0. The number of carbonyl (C=O) groups excluding carboxylic acids is 1. The lowest BCUT2D eigenvalue weighted by molar-refractivity contribution is 0.0638. The number of hydrogen-bond donors (Lipinski definition) is 1. The van der Waals surface area contributed by atoms with Crippen molar-refractivity contribution in [2.24, 2.45) is 0 Å². The molecule has 0 radical (unpaired) electrons. The van der Waals surface area contributed by atoms with Gasteiger partial charge in [0, 0.05) is 25.6 Å². The molecule has 6 nitrogen and oxygen atoms in total. The number of aromatic nitrogens is 2. The highest BCUT2D eigenvalue weighted by Gasteiger charge is 2.32. The molecule has 160 valence electrons. The van der Waals surface area contributed by atoms with Crippen LogP contribution in [0.1, 0.15) is 41.3 Å². The zero-order valence-corrected chi connectivity index (χ0v) is 17.7. The van der Waals surface area contributed by atoms with Gasteiger partial charge < -0.3 is 14.6 Å². The third-order valence-corrected chi connectivity index (χ3v) is 5.73. The van der Waals surface area contributed by atoms with Crippen LogP contribution in [0.3, 0.4) is 0 Å². The molecule has 1 amide bonds. The molecule has 1 aliphatic heterocycles. The number of fused-ring (bicyclic) bond motifs is 1. The average Bonchev–Trinajstić information content (AvgIpc) is 2.74. The fourth-order valence-corrected chi connectivity index (χ4v) is 4.06. The quantitative estimate of drug-likeness (QED) is 0.700. The van der Waals surface area contributed by atoms with Crippen LogP contribution in [0.5, 0.6) is 5.75 Å². The Morgan fingerprint density at radius 2 is 1.87 bits per heavy atom. The Morgan fingerprint density at radius 1 is 1.13 bits per heavy atom. The van der Waals surface area contributed by atoms with Crippen molar-refractivity contribution >= 4 is 5.91 Å². The minimum Gasteiger partial charge on any atom is -0.501 e. The minimum absolute atomic E-state index is 0.00921. The first-order valence-corrected chi connectivity index (χ1v) is 10.3. The van der Waals surface area contributed by atoms with Crippen LogP contribution in [-0.4, -0.2) is 38.1 Å². The minimum atomic E-state index is -0.810. The number of amides is 1. The number of halogens is 1. The van der Waals surface area contributed by atoms with E-state index in [1.165, 1.54) is 6.07 Å². The van der Waals surface area contributed by atoms with Crippen molar-refractivity contribution in [2.45, 2.75) is 39.8 Å². The van der Waals surface area contributed by atoms with Crippen LogP contribution >= 0.6 is 0 Å². The van der Waals surface area contributed by atoms with E-state index in [2.05, 4.69) is 4.98 Å². The first-order chi connectivity index (χ1) is 14.8. The van der Waals surface area contributed by atoms with Gasteiger partial charge in [-0.3, -0.25) is 9.59 Å². The third-order valence-electron chi connectivity index (χ3n) is 5.73. The Morgan fingerprint density at radius 3 is 2.58 bits per heavy atom. The Kier molecular flexibility index (Phi) is 5.35. The summed E-state index contributed by atoms with van der Waals surface area (Å²) in [5.74, 6) is -0.834. The molecule has 0 bridgehead atoms. The predicted octanol–water partition coefficient (Wildman–Crippen LogP) is 3.52. The van der Waals surface area contributed by atoms with Crippen molar-refractivity contribution in [1.82, 2.24) is 14.5 Å². The van der Waals surface area contributed by atoms with E-state index in [0.29, 0.717) is 30.9 Å². The number of hydrogen-bond acceptors (Lipinski definition) is 4. The topological polar surface area (TPSA) is 75.4 Å². The highest BCUT2D eigenvalue weighted by atomic mass is 19.1. The van der Waals surface area contributed by atoms with E-state index in [-0.39, 0.29) is 23.5 Å². The molecule has 0 saturated heterocycles. The van der Waals surface area contributed by atoms with E-state index in [1.807, 2.05) is 38.1 Å². The molecule has 0 spiro atoms. The van der Waals surface area contributed by atoms with Crippen LogP contribution in [0.25, 0.3) is 11.1 Å². The van der Waals surface area contributed by atoms with E-state index in [4.69, 9.17) is 0 Å². The molecule has 31 heavy (non-hydrogen) atoms. The second-order valence-corrected chi connectivity index (χ2v) is 8.07. The Labute approximate surface area is 179 Å². The van der Waals surface area contributed by atoms with E-state index in [0.717, 1.165) is 16.7 Å². The maximum atomic E-state index is 13.8. The van der Waals surface area contributed by atoms with Gasteiger partial charge >= 0.3 is 5.56 Å². The fraction of sp³-hybridized carbons (Fsp3) is 0.292. The first kappa shape index (κ1) is 20.8. The summed E-state index contributed by atoms with van der Waals surface area (Å²) in [6, 6.07) is 12.5. The summed E-state index contributed by atoms with van der Waals surface area (Å²) in [4.78, 5) is 31.0. The molecule has 2 heterocycles. The van der Waals surface area contributed by atoms with E-state index in [1.54, 1.807) is 28.5 Å². The van der Waals surface area contributed by atoms with Gasteiger partial charge in [0.05, 0.1) is 0 Å². The number of carbonyl (C=O) groups is 1. The van der Waals surface area contributed by atoms with Crippen LogP contribution in [0.15, 0.2) is 47.3 Å². The van der Waals surface area contributed by atoms with Crippen LogP contribution in [-0.2, 0) is 13.0 Å². The fourth-order valence-electron chi connectivity index (χ4n) is 4.06. The van der Waals surface area contributed by atoms with Crippen LogP contribution in [0, 0.1) is 12.7 Å². The normalized spacial score (nSPS) is 13.6. The molecule has 1 aromatic heterocycles. The number of nitrogens with zero attached hydrogens (tertiary/aromatic N) is 3. The van der Waals surface area contributed by atoms with Crippen molar-refractivity contribution in [3.63, 3.8) is 0 Å². The smallest absolute Gasteiger partial charge is 0.315 e. The van der Waals surface area contributed by atoms with Crippen molar-refractivity contribution in [3.8, 4) is 16.9 Å². The maximum absolute atomic E-state index is 13.8. The maximum Gasteiger partial charge on any atom is 0.315 e. The van der Waals surface area contributed by atoms with Crippen LogP contribution in [0.4, 0.5) is 4.39 Å². The van der Waals surface area contributed by atoms with Gasteiger partial charge in [0.2, 0.25) is 5.75 Å². The van der Waals surface area contributed by atoms with E-state index in [9.17, 15) is 19.1 Å². The molecule has 1 aliphatic rings. The lowest BCUT2D eigenvalue weighted by Crippen LogP contribution is -2.46. The summed E-state index contributed by atoms with van der Waals surface area (Å²) < 4.78 is 15.4. The standard InChI is InChI=1S/C24H24FN3O3/c1-14(2)27-10-11-28-20(26-23(30)22(29)21(28)24(27)31)13-16-6-4-5-7-18(16)17-8-9-19(25)15(3)12-17/h4-9,12,14,29H,10-11,13H2,1-3H3. The summed E-state index contributed by atoms with van der Waals surface area (Å²) in [6.07, 6.45) is 0.296. The average molecular weight is 421 g/mol. The molecule has 7 heteroatoms. The number of aryl methyl sites for hydroxylation is 1. The highest BCUT2D eigenvalue weighted by molar-refractivity contribution is 5.95. The van der Waals surface area contributed by atoms with E-state index < -0.39 is 11.3 Å². The van der Waals surface area contributed by atoms with Crippen LogP contribution in [0.2, 0.25) is 0 Å². The van der Waals surface area contributed by atoms with Gasteiger partial charge in [-0.25, -0.2) is 4.39 Å². The highest BCUT2D eigenvalue weighted by Crippen LogP contribution is 2.28. The molecule has 0 saturated carbocycles. The van der Waals surface area contributed by atoms with Gasteiger partial charge in [-0.2, -0.15) is 4.98 Å². The van der Waals surface area contributed by atoms with Crippen molar-refractivity contribution in [1.29, 1.82) is 0 Å². The molecule has 3 aromatic rings. The first-order valence-electron chi connectivity index (χ1n) is 10.3. The summed E-state index contributed by atoms with van der Waals surface area (Å²) in [5, 5.41) is 10.3. The SMILES string of the molecule is Cc1cc(-c2ccccc2Cc2nc(=O)c(O)c3n2CCN(C(C)C)C3=O)ccc1F. The molecule has 0 aliphatic carbocycles.